The quantitative estimate of drug-likeness (QED) is 0.106. The van der Waals surface area contributed by atoms with Crippen molar-refractivity contribution in [1.82, 2.24) is 9.97 Å². The predicted octanol–water partition coefficient (Wildman–Crippen LogP) is 8.78. The summed E-state index contributed by atoms with van der Waals surface area (Å²) in [5.74, 6) is 0.445. The van der Waals surface area contributed by atoms with Gasteiger partial charge in [0.05, 0.1) is 4.92 Å². The molecule has 0 spiro atoms. The maximum Gasteiger partial charge on any atom is 0.353 e. The molecular formula is C26H40BrN5O2. The van der Waals surface area contributed by atoms with Gasteiger partial charge in [-0.3, -0.25) is 10.1 Å². The minimum Gasteiger partial charge on any atom is -0.364 e. The highest BCUT2D eigenvalue weighted by molar-refractivity contribution is 9.10. The van der Waals surface area contributed by atoms with Gasteiger partial charge in [0.25, 0.3) is 0 Å². The van der Waals surface area contributed by atoms with Gasteiger partial charge in [-0.1, -0.05) is 106 Å². The van der Waals surface area contributed by atoms with E-state index >= 15 is 0 Å². The lowest BCUT2D eigenvalue weighted by Crippen LogP contribution is -2.09. The van der Waals surface area contributed by atoms with Gasteiger partial charge in [0, 0.05) is 16.7 Å². The van der Waals surface area contributed by atoms with E-state index in [0.717, 1.165) is 23.0 Å². The summed E-state index contributed by atoms with van der Waals surface area (Å²) in [4.78, 5) is 19.4. The van der Waals surface area contributed by atoms with E-state index in [1.54, 1.807) is 0 Å². The molecule has 0 saturated heterocycles. The number of benzene rings is 1. The van der Waals surface area contributed by atoms with Crippen LogP contribution in [0.4, 0.5) is 23.0 Å². The van der Waals surface area contributed by atoms with Crippen molar-refractivity contribution in [3.05, 3.63) is 45.2 Å². The van der Waals surface area contributed by atoms with Gasteiger partial charge in [-0.15, -0.1) is 0 Å². The van der Waals surface area contributed by atoms with Gasteiger partial charge in [0.1, 0.15) is 6.33 Å². The second-order valence-electron chi connectivity index (χ2n) is 8.83. The summed E-state index contributed by atoms with van der Waals surface area (Å²) in [6.07, 6.45) is 19.6. The van der Waals surface area contributed by atoms with E-state index in [1.807, 2.05) is 24.3 Å². The molecule has 8 heteroatoms. The highest BCUT2D eigenvalue weighted by atomic mass is 79.9. The molecule has 0 aliphatic rings. The summed E-state index contributed by atoms with van der Waals surface area (Å²) in [5, 5.41) is 17.8. The molecule has 0 radical (unpaired) electrons. The van der Waals surface area contributed by atoms with Crippen molar-refractivity contribution in [1.29, 1.82) is 0 Å². The Morgan fingerprint density at radius 3 is 1.82 bits per heavy atom. The fourth-order valence-electron chi connectivity index (χ4n) is 3.97. The molecular weight excluding hydrogens is 494 g/mol. The van der Waals surface area contributed by atoms with Gasteiger partial charge in [-0.05, 0) is 30.7 Å². The standard InChI is InChI=1S/C26H40BrN5O2/c1-2-3-4-5-6-7-8-9-10-11-12-13-14-15-20-28-25-24(32(33)34)26(30-21-29-25)31-23-18-16-22(27)17-19-23/h16-19,21H,2-15,20H2,1H3,(H2,28,29,30,31). The number of aromatic nitrogens is 2. The smallest absolute Gasteiger partial charge is 0.353 e. The van der Waals surface area contributed by atoms with Gasteiger partial charge < -0.3 is 10.6 Å². The predicted molar refractivity (Wildman–Crippen MR) is 145 cm³/mol. The largest absolute Gasteiger partial charge is 0.364 e. The van der Waals surface area contributed by atoms with Crippen LogP contribution in [0.5, 0.6) is 0 Å². The van der Waals surface area contributed by atoms with E-state index in [-0.39, 0.29) is 17.3 Å². The molecule has 188 valence electrons. The molecule has 0 aliphatic heterocycles. The zero-order chi connectivity index (χ0) is 24.4. The third-order valence-corrected chi connectivity index (χ3v) is 6.46. The number of unbranched alkanes of at least 4 members (excludes halogenated alkanes) is 13. The molecule has 34 heavy (non-hydrogen) atoms. The van der Waals surface area contributed by atoms with Crippen LogP contribution >= 0.6 is 15.9 Å². The van der Waals surface area contributed by atoms with Crippen LogP contribution in [0.15, 0.2) is 35.1 Å². The molecule has 7 nitrogen and oxygen atoms in total. The minimum atomic E-state index is -0.436. The molecule has 1 aromatic carbocycles. The average Bonchev–Trinajstić information content (AvgIpc) is 2.83. The van der Waals surface area contributed by atoms with Crippen molar-refractivity contribution in [2.45, 2.75) is 96.8 Å². The van der Waals surface area contributed by atoms with Crippen LogP contribution in [0.1, 0.15) is 96.8 Å². The maximum absolute atomic E-state index is 11.7. The molecule has 0 amide bonds. The second kappa shape index (κ2) is 17.2. The number of hydrogen-bond donors (Lipinski definition) is 2. The van der Waals surface area contributed by atoms with Crippen LogP contribution < -0.4 is 10.6 Å². The van der Waals surface area contributed by atoms with Crippen molar-refractivity contribution in [2.75, 3.05) is 17.2 Å². The van der Waals surface area contributed by atoms with Crippen LogP contribution in [0, 0.1) is 10.1 Å². The molecule has 2 rings (SSSR count). The Labute approximate surface area is 212 Å². The Balaban J connectivity index is 1.61. The summed E-state index contributed by atoms with van der Waals surface area (Å²) in [6.45, 7) is 2.92. The highest BCUT2D eigenvalue weighted by Crippen LogP contribution is 2.31. The van der Waals surface area contributed by atoms with Gasteiger partial charge in [-0.25, -0.2) is 9.97 Å². The van der Waals surface area contributed by atoms with Gasteiger partial charge in [-0.2, -0.15) is 0 Å². The molecule has 1 heterocycles. The van der Waals surface area contributed by atoms with Crippen LogP contribution in [0.25, 0.3) is 0 Å². The lowest BCUT2D eigenvalue weighted by Gasteiger charge is -2.10. The molecule has 0 atom stereocenters. The molecule has 0 fully saturated rings. The van der Waals surface area contributed by atoms with E-state index in [4.69, 9.17) is 0 Å². The van der Waals surface area contributed by atoms with E-state index in [0.29, 0.717) is 6.54 Å². The Kier molecular flexibility index (Phi) is 14.2. The first-order chi connectivity index (χ1) is 16.6. The molecule has 1 aromatic heterocycles. The van der Waals surface area contributed by atoms with Gasteiger partial charge in [0.15, 0.2) is 0 Å². The summed E-state index contributed by atoms with van der Waals surface area (Å²) in [6, 6.07) is 7.39. The second-order valence-corrected chi connectivity index (χ2v) is 9.75. The first-order valence-corrected chi connectivity index (χ1v) is 13.7. The Morgan fingerprint density at radius 1 is 0.794 bits per heavy atom. The van der Waals surface area contributed by atoms with Crippen molar-refractivity contribution >= 4 is 38.9 Å². The topological polar surface area (TPSA) is 93.0 Å². The van der Waals surface area contributed by atoms with E-state index in [2.05, 4.69) is 43.5 Å². The zero-order valence-electron chi connectivity index (χ0n) is 20.5. The van der Waals surface area contributed by atoms with E-state index in [1.165, 1.54) is 83.4 Å². The van der Waals surface area contributed by atoms with Gasteiger partial charge in [0.2, 0.25) is 11.6 Å². The maximum atomic E-state index is 11.7. The number of hydrogen-bond acceptors (Lipinski definition) is 6. The number of nitrogens with zero attached hydrogens (tertiary/aromatic N) is 3. The Bertz CT molecular complexity index is 832. The van der Waals surface area contributed by atoms with Crippen LogP contribution in [-0.2, 0) is 0 Å². The van der Waals surface area contributed by atoms with Crippen LogP contribution in [0.2, 0.25) is 0 Å². The summed E-state index contributed by atoms with van der Waals surface area (Å²) in [5.41, 5.74) is 0.596. The molecule has 2 N–H and O–H groups in total. The fourth-order valence-corrected chi connectivity index (χ4v) is 4.23. The molecule has 0 aliphatic carbocycles. The normalized spacial score (nSPS) is 10.9. The summed E-state index contributed by atoms with van der Waals surface area (Å²) < 4.78 is 0.936. The lowest BCUT2D eigenvalue weighted by atomic mass is 10.0. The molecule has 0 bridgehead atoms. The van der Waals surface area contributed by atoms with E-state index in [9.17, 15) is 10.1 Å². The summed E-state index contributed by atoms with van der Waals surface area (Å²) in [7, 11) is 0. The first kappa shape index (κ1) is 28.0. The Hall–Kier alpha value is -2.22. The van der Waals surface area contributed by atoms with E-state index < -0.39 is 4.92 Å². The molecule has 2 aromatic rings. The Morgan fingerprint density at radius 2 is 1.29 bits per heavy atom. The van der Waals surface area contributed by atoms with Crippen molar-refractivity contribution in [3.8, 4) is 0 Å². The highest BCUT2D eigenvalue weighted by Gasteiger charge is 2.22. The van der Waals surface area contributed by atoms with Crippen LogP contribution in [0.3, 0.4) is 0 Å². The van der Waals surface area contributed by atoms with Crippen molar-refractivity contribution in [2.24, 2.45) is 0 Å². The molecule has 0 unspecified atom stereocenters. The van der Waals surface area contributed by atoms with Crippen molar-refractivity contribution < 1.29 is 4.92 Å². The minimum absolute atomic E-state index is 0.129. The molecule has 0 saturated carbocycles. The van der Waals surface area contributed by atoms with Gasteiger partial charge >= 0.3 is 5.69 Å². The number of rotatable bonds is 19. The summed E-state index contributed by atoms with van der Waals surface area (Å²) >= 11 is 3.38. The number of nitro groups is 1. The SMILES string of the molecule is CCCCCCCCCCCCCCCCNc1ncnc(Nc2ccc(Br)cc2)c1[N+](=O)[O-]. The fraction of sp³-hybridized carbons (Fsp3) is 0.615. The number of nitrogens with one attached hydrogen (secondary N) is 2. The number of anilines is 3. The van der Waals surface area contributed by atoms with Crippen LogP contribution in [-0.4, -0.2) is 21.4 Å². The lowest BCUT2D eigenvalue weighted by molar-refractivity contribution is -0.383. The zero-order valence-corrected chi connectivity index (χ0v) is 22.1. The number of halogens is 1. The van der Waals surface area contributed by atoms with Crippen molar-refractivity contribution in [3.63, 3.8) is 0 Å². The average molecular weight is 535 g/mol. The monoisotopic (exact) mass is 533 g/mol. The third kappa shape index (κ3) is 11.3. The third-order valence-electron chi connectivity index (χ3n) is 5.93. The first-order valence-electron chi connectivity index (χ1n) is 12.9.